The van der Waals surface area contributed by atoms with E-state index in [-0.39, 0.29) is 11.2 Å². The molecule has 0 heterocycles. The maximum Gasteiger partial charge on any atom is 0.0657 e. The maximum atomic E-state index is 5.49. The average molecular weight is 613 g/mol. The van der Waals surface area contributed by atoms with Crippen LogP contribution in [0.2, 0.25) is 0 Å². The molecule has 0 aliphatic carbocycles. The largest absolute Gasteiger partial charge is 0.378 e. The molecule has 2 nitrogen and oxygen atoms in total. The Hall–Kier alpha value is -1.38. The summed E-state index contributed by atoms with van der Waals surface area (Å²) in [5.74, 6) is 3.08. The first-order chi connectivity index (χ1) is 20.7. The van der Waals surface area contributed by atoms with E-state index in [4.69, 9.17) is 9.47 Å². The van der Waals surface area contributed by atoms with E-state index in [2.05, 4.69) is 118 Å². The van der Waals surface area contributed by atoms with Crippen LogP contribution in [0.3, 0.4) is 0 Å². The highest BCUT2D eigenvalue weighted by atomic mass is 16.5. The zero-order valence-electron chi connectivity index (χ0n) is 31.6. The molecule has 44 heavy (non-hydrogen) atoms. The molecule has 4 atom stereocenters. The average Bonchev–Trinajstić information content (AvgIpc) is 2.95. The molecule has 0 aliphatic heterocycles. The molecule has 0 fully saturated rings. The van der Waals surface area contributed by atoms with Crippen LogP contribution in [0.5, 0.6) is 0 Å². The predicted octanol–water partition coefficient (Wildman–Crippen LogP) is 13.4. The summed E-state index contributed by atoms with van der Waals surface area (Å²) < 4.78 is 11.0. The SMILES string of the molecule is COC(C)(C)C/C=C/C(C)=C/CCC(C)CCCC(C)CCCCC(C)CC/C=C(C)/C=C/CC(C)/C=C/CC(C)(C)OC. The third kappa shape index (κ3) is 25.9. The van der Waals surface area contributed by atoms with Gasteiger partial charge in [0.25, 0.3) is 0 Å². The Kier molecular flexibility index (Phi) is 24.0. The van der Waals surface area contributed by atoms with Gasteiger partial charge in [-0.3, -0.25) is 0 Å². The third-order valence-corrected chi connectivity index (χ3v) is 9.35. The fraction of sp³-hybridized carbons (Fsp3) is 0.762. The molecule has 256 valence electrons. The Balaban J connectivity index is 3.98. The first-order valence-corrected chi connectivity index (χ1v) is 18.1. The normalized spacial score (nSPS) is 16.8. The molecule has 0 aromatic carbocycles. The lowest BCUT2D eigenvalue weighted by atomic mass is 9.91. The second-order valence-corrected chi connectivity index (χ2v) is 15.4. The number of methoxy groups -OCH3 is 2. The predicted molar refractivity (Wildman–Crippen MR) is 198 cm³/mol. The Bertz CT molecular complexity index is 853. The summed E-state index contributed by atoms with van der Waals surface area (Å²) in [5, 5.41) is 0. The fourth-order valence-corrected chi connectivity index (χ4v) is 5.39. The number of hydrogen-bond donors (Lipinski definition) is 0. The number of unbranched alkanes of at least 4 members (excludes halogenated alkanes) is 1. The van der Waals surface area contributed by atoms with Crippen molar-refractivity contribution in [3.63, 3.8) is 0 Å². The minimum absolute atomic E-state index is 0.0707. The van der Waals surface area contributed by atoms with E-state index in [1.165, 1.54) is 81.8 Å². The van der Waals surface area contributed by atoms with Gasteiger partial charge in [0.1, 0.15) is 0 Å². The topological polar surface area (TPSA) is 18.5 Å². The van der Waals surface area contributed by atoms with E-state index in [9.17, 15) is 0 Å². The van der Waals surface area contributed by atoms with Gasteiger partial charge < -0.3 is 9.47 Å². The van der Waals surface area contributed by atoms with Gasteiger partial charge in [-0.2, -0.15) is 0 Å². The standard InChI is InChI=1S/C42H76O2/c1-35(23-15-25-37(3)27-17-29-39(5)31-19-33-41(7,8)43-11)21-13-14-22-36(2)24-16-26-38(4)28-18-30-40(6)32-20-34-42(9,10)44-12/h17,19-20,25,27,30-32,35-36,38-39H,13-16,18,21-24,26,28-29,33-34H2,1-12H3/b27-17+,31-19+,32-20+,37-25+,40-30+. The molecule has 0 saturated carbocycles. The Labute approximate surface area is 276 Å². The van der Waals surface area contributed by atoms with Crippen molar-refractivity contribution in [1.82, 2.24) is 0 Å². The van der Waals surface area contributed by atoms with Crippen molar-refractivity contribution in [2.45, 2.75) is 170 Å². The van der Waals surface area contributed by atoms with Crippen LogP contribution >= 0.6 is 0 Å². The van der Waals surface area contributed by atoms with Gasteiger partial charge in [-0.15, -0.1) is 0 Å². The van der Waals surface area contributed by atoms with Crippen LogP contribution in [0.1, 0.15) is 159 Å². The summed E-state index contributed by atoms with van der Waals surface area (Å²) in [6.07, 6.45) is 36.3. The summed E-state index contributed by atoms with van der Waals surface area (Å²) in [4.78, 5) is 0. The second-order valence-electron chi connectivity index (χ2n) is 15.4. The Morgan fingerprint density at radius 1 is 0.568 bits per heavy atom. The smallest absolute Gasteiger partial charge is 0.0657 e. The van der Waals surface area contributed by atoms with Crippen molar-refractivity contribution in [3.8, 4) is 0 Å². The van der Waals surface area contributed by atoms with Crippen LogP contribution in [0.25, 0.3) is 0 Å². The van der Waals surface area contributed by atoms with Crippen LogP contribution in [0.15, 0.2) is 59.8 Å². The van der Waals surface area contributed by atoms with Crippen LogP contribution < -0.4 is 0 Å². The van der Waals surface area contributed by atoms with Gasteiger partial charge in [0.15, 0.2) is 0 Å². The fourth-order valence-electron chi connectivity index (χ4n) is 5.39. The number of ether oxygens (including phenoxy) is 2. The summed E-state index contributed by atoms with van der Waals surface area (Å²) in [6.45, 7) is 22.6. The lowest BCUT2D eigenvalue weighted by Crippen LogP contribution is -2.20. The van der Waals surface area contributed by atoms with Crippen LogP contribution in [0.4, 0.5) is 0 Å². The number of allylic oxidation sites excluding steroid dienone is 8. The molecule has 0 saturated heterocycles. The zero-order valence-corrected chi connectivity index (χ0v) is 31.6. The first kappa shape index (κ1) is 42.6. The van der Waals surface area contributed by atoms with E-state index < -0.39 is 0 Å². The van der Waals surface area contributed by atoms with Crippen molar-refractivity contribution in [3.05, 3.63) is 59.8 Å². The van der Waals surface area contributed by atoms with Crippen molar-refractivity contribution in [1.29, 1.82) is 0 Å². The quantitative estimate of drug-likeness (QED) is 0.0549. The van der Waals surface area contributed by atoms with Gasteiger partial charge in [0.05, 0.1) is 11.2 Å². The molecule has 0 aromatic rings. The monoisotopic (exact) mass is 613 g/mol. The zero-order chi connectivity index (χ0) is 33.4. The Morgan fingerprint density at radius 3 is 1.45 bits per heavy atom. The molecule has 0 spiro atoms. The van der Waals surface area contributed by atoms with Gasteiger partial charge in [-0.25, -0.2) is 0 Å². The molecule has 0 aromatic heterocycles. The molecule has 2 heteroatoms. The summed E-state index contributed by atoms with van der Waals surface area (Å²) >= 11 is 0. The highest BCUT2D eigenvalue weighted by molar-refractivity contribution is 5.17. The number of hydrogen-bond acceptors (Lipinski definition) is 2. The summed E-state index contributed by atoms with van der Waals surface area (Å²) in [6, 6.07) is 0. The van der Waals surface area contributed by atoms with Gasteiger partial charge in [-0.05, 0) is 110 Å². The van der Waals surface area contributed by atoms with Gasteiger partial charge in [0.2, 0.25) is 0 Å². The molecule has 0 aliphatic rings. The molecule has 4 unspecified atom stereocenters. The highest BCUT2D eigenvalue weighted by Gasteiger charge is 2.14. The van der Waals surface area contributed by atoms with Crippen LogP contribution in [-0.4, -0.2) is 25.4 Å². The van der Waals surface area contributed by atoms with Gasteiger partial charge >= 0.3 is 0 Å². The summed E-state index contributed by atoms with van der Waals surface area (Å²) in [5.41, 5.74) is 2.63. The van der Waals surface area contributed by atoms with Crippen LogP contribution in [-0.2, 0) is 9.47 Å². The van der Waals surface area contributed by atoms with E-state index in [1.807, 2.05) is 0 Å². The molecular formula is C42H76O2. The van der Waals surface area contributed by atoms with E-state index in [1.54, 1.807) is 14.2 Å². The van der Waals surface area contributed by atoms with Crippen molar-refractivity contribution in [2.75, 3.05) is 14.2 Å². The lowest BCUT2D eigenvalue weighted by molar-refractivity contribution is 0.0251. The molecule has 0 rings (SSSR count). The van der Waals surface area contributed by atoms with Gasteiger partial charge in [-0.1, -0.05) is 132 Å². The molecule has 0 radical (unpaired) electrons. The number of rotatable bonds is 26. The maximum absolute atomic E-state index is 5.49. The minimum atomic E-state index is -0.0731. The summed E-state index contributed by atoms with van der Waals surface area (Å²) in [7, 11) is 3.57. The molecule has 0 bridgehead atoms. The van der Waals surface area contributed by atoms with Gasteiger partial charge in [0, 0.05) is 14.2 Å². The van der Waals surface area contributed by atoms with Crippen molar-refractivity contribution in [2.24, 2.45) is 23.7 Å². The highest BCUT2D eigenvalue weighted by Crippen LogP contribution is 2.23. The second kappa shape index (κ2) is 24.8. The lowest BCUT2D eigenvalue weighted by Gasteiger charge is -2.20. The van der Waals surface area contributed by atoms with Crippen molar-refractivity contribution >= 4 is 0 Å². The Morgan fingerprint density at radius 2 is 0.977 bits per heavy atom. The molecule has 0 amide bonds. The molecular weight excluding hydrogens is 536 g/mol. The van der Waals surface area contributed by atoms with Crippen LogP contribution in [0, 0.1) is 23.7 Å². The van der Waals surface area contributed by atoms with E-state index in [0.717, 1.165) is 37.0 Å². The van der Waals surface area contributed by atoms with E-state index >= 15 is 0 Å². The minimum Gasteiger partial charge on any atom is -0.378 e. The molecule has 0 N–H and O–H groups in total. The van der Waals surface area contributed by atoms with E-state index in [0.29, 0.717) is 5.92 Å². The van der Waals surface area contributed by atoms with Crippen molar-refractivity contribution < 1.29 is 9.47 Å². The third-order valence-electron chi connectivity index (χ3n) is 9.35. The first-order valence-electron chi connectivity index (χ1n) is 18.1.